The van der Waals surface area contributed by atoms with Gasteiger partial charge < -0.3 is 4.74 Å². The summed E-state index contributed by atoms with van der Waals surface area (Å²) >= 11 is 0. The molecule has 0 radical (unpaired) electrons. The molecule has 0 aliphatic heterocycles. The lowest BCUT2D eigenvalue weighted by molar-refractivity contribution is -0.302. The average molecular weight is 247 g/mol. The number of pyridine rings is 1. The zero-order valence-corrected chi connectivity index (χ0v) is 10.1. The van der Waals surface area contributed by atoms with Gasteiger partial charge in [0.05, 0.1) is 5.69 Å². The molecule has 2 nitrogen and oxygen atoms in total. The summed E-state index contributed by atoms with van der Waals surface area (Å²) in [6.07, 6.45) is -3.15. The van der Waals surface area contributed by atoms with Gasteiger partial charge >= 0.3 is 6.18 Å². The van der Waals surface area contributed by atoms with E-state index in [1.54, 1.807) is 13.0 Å². The standard InChI is InChI=1S/C12H16F3NO/c1-4-17-11(9(2)3,12(13,14)15)10-7-5-6-8-16-10/h5-9H,4H2,1-3H3. The maximum atomic E-state index is 13.3. The maximum absolute atomic E-state index is 13.3. The smallest absolute Gasteiger partial charge is 0.360 e. The fourth-order valence-electron chi connectivity index (χ4n) is 1.90. The fraction of sp³-hybridized carbons (Fsp3) is 0.583. The van der Waals surface area contributed by atoms with E-state index in [2.05, 4.69) is 4.98 Å². The summed E-state index contributed by atoms with van der Waals surface area (Å²) in [5.74, 6) is -0.752. The molecule has 0 spiro atoms. The van der Waals surface area contributed by atoms with Crippen LogP contribution in [0.5, 0.6) is 0 Å². The van der Waals surface area contributed by atoms with Crippen LogP contribution < -0.4 is 0 Å². The van der Waals surface area contributed by atoms with Gasteiger partial charge in [0.1, 0.15) is 0 Å². The first-order valence-corrected chi connectivity index (χ1v) is 5.48. The molecule has 1 aromatic heterocycles. The highest BCUT2D eigenvalue weighted by Gasteiger charge is 2.60. The highest BCUT2D eigenvalue weighted by Crippen LogP contribution is 2.46. The van der Waals surface area contributed by atoms with Crippen LogP contribution in [0.25, 0.3) is 0 Å². The molecule has 0 aliphatic rings. The first-order chi connectivity index (χ1) is 7.86. The predicted octanol–water partition coefficient (Wildman–Crippen LogP) is 3.53. The largest absolute Gasteiger partial charge is 0.423 e. The van der Waals surface area contributed by atoms with Gasteiger partial charge in [-0.3, -0.25) is 4.98 Å². The summed E-state index contributed by atoms with van der Waals surface area (Å²) in [6, 6.07) is 4.46. The Balaban J connectivity index is 3.36. The second-order valence-corrected chi connectivity index (χ2v) is 4.04. The molecule has 0 bridgehead atoms. The van der Waals surface area contributed by atoms with Gasteiger partial charge in [-0.25, -0.2) is 0 Å². The Morgan fingerprint density at radius 3 is 2.29 bits per heavy atom. The molecule has 1 heterocycles. The minimum absolute atomic E-state index is 0.0196. The molecule has 1 rings (SSSR count). The van der Waals surface area contributed by atoms with Gasteiger partial charge in [-0.1, -0.05) is 19.9 Å². The fourth-order valence-corrected chi connectivity index (χ4v) is 1.90. The van der Waals surface area contributed by atoms with Gasteiger partial charge in [0, 0.05) is 12.8 Å². The van der Waals surface area contributed by atoms with Crippen molar-refractivity contribution in [2.75, 3.05) is 6.61 Å². The quantitative estimate of drug-likeness (QED) is 0.812. The SMILES string of the molecule is CCOC(c1ccccn1)(C(C)C)C(F)(F)F. The Bertz CT molecular complexity index is 351. The first-order valence-electron chi connectivity index (χ1n) is 5.48. The van der Waals surface area contributed by atoms with Crippen LogP contribution in [0.1, 0.15) is 26.5 Å². The van der Waals surface area contributed by atoms with E-state index in [-0.39, 0.29) is 12.3 Å². The number of hydrogen-bond acceptors (Lipinski definition) is 2. The number of halogens is 3. The number of hydrogen-bond donors (Lipinski definition) is 0. The van der Waals surface area contributed by atoms with Crippen LogP contribution in [0.3, 0.4) is 0 Å². The van der Waals surface area contributed by atoms with Crippen molar-refractivity contribution < 1.29 is 17.9 Å². The Kier molecular flexibility index (Phi) is 4.14. The van der Waals surface area contributed by atoms with Crippen LogP contribution in [-0.4, -0.2) is 17.8 Å². The highest BCUT2D eigenvalue weighted by molar-refractivity contribution is 5.17. The van der Waals surface area contributed by atoms with Crippen molar-refractivity contribution in [1.82, 2.24) is 4.98 Å². The van der Waals surface area contributed by atoms with Gasteiger partial charge in [-0.2, -0.15) is 13.2 Å². The van der Waals surface area contributed by atoms with Gasteiger partial charge in [-0.15, -0.1) is 0 Å². The Hall–Kier alpha value is -1.10. The molecular formula is C12H16F3NO. The van der Waals surface area contributed by atoms with Crippen LogP contribution >= 0.6 is 0 Å². The lowest BCUT2D eigenvalue weighted by Crippen LogP contribution is -2.49. The van der Waals surface area contributed by atoms with Crippen LogP contribution in [0.4, 0.5) is 13.2 Å². The molecule has 0 saturated carbocycles. The molecule has 0 N–H and O–H groups in total. The molecule has 0 fully saturated rings. The second kappa shape index (κ2) is 5.04. The van der Waals surface area contributed by atoms with E-state index in [9.17, 15) is 13.2 Å². The van der Waals surface area contributed by atoms with Crippen LogP contribution in [0.2, 0.25) is 0 Å². The lowest BCUT2D eigenvalue weighted by atomic mass is 9.85. The van der Waals surface area contributed by atoms with E-state index in [1.165, 1.54) is 32.2 Å². The molecule has 96 valence electrons. The Labute approximate surface area is 98.8 Å². The van der Waals surface area contributed by atoms with Crippen molar-refractivity contribution >= 4 is 0 Å². The third-order valence-corrected chi connectivity index (χ3v) is 2.65. The minimum Gasteiger partial charge on any atom is -0.360 e. The van der Waals surface area contributed by atoms with Gasteiger partial charge in [-0.05, 0) is 25.0 Å². The van der Waals surface area contributed by atoms with Crippen molar-refractivity contribution in [2.24, 2.45) is 5.92 Å². The van der Waals surface area contributed by atoms with Gasteiger partial charge in [0.2, 0.25) is 5.60 Å². The van der Waals surface area contributed by atoms with Crippen LogP contribution in [0.15, 0.2) is 24.4 Å². The van der Waals surface area contributed by atoms with Crippen molar-refractivity contribution in [2.45, 2.75) is 32.5 Å². The monoisotopic (exact) mass is 247 g/mol. The molecular weight excluding hydrogens is 231 g/mol. The van der Waals surface area contributed by atoms with E-state index < -0.39 is 17.7 Å². The summed E-state index contributed by atoms with van der Waals surface area (Å²) in [7, 11) is 0. The molecule has 0 saturated heterocycles. The predicted molar refractivity (Wildman–Crippen MR) is 58.4 cm³/mol. The summed E-state index contributed by atoms with van der Waals surface area (Å²) < 4.78 is 45.1. The van der Waals surface area contributed by atoms with Crippen LogP contribution in [-0.2, 0) is 10.3 Å². The molecule has 1 aromatic rings. The highest BCUT2D eigenvalue weighted by atomic mass is 19.4. The number of nitrogens with zero attached hydrogens (tertiary/aromatic N) is 1. The van der Waals surface area contributed by atoms with E-state index in [1.807, 2.05) is 0 Å². The normalized spacial score (nSPS) is 15.9. The number of alkyl halides is 3. The molecule has 5 heteroatoms. The average Bonchev–Trinajstić information content (AvgIpc) is 2.24. The number of rotatable bonds is 4. The summed E-state index contributed by atoms with van der Waals surface area (Å²) in [6.45, 7) is 4.50. The lowest BCUT2D eigenvalue weighted by Gasteiger charge is -2.38. The summed E-state index contributed by atoms with van der Waals surface area (Å²) in [5.41, 5.74) is -2.42. The maximum Gasteiger partial charge on any atom is 0.423 e. The van der Waals surface area contributed by atoms with E-state index >= 15 is 0 Å². The molecule has 0 aromatic carbocycles. The number of ether oxygens (including phenoxy) is 1. The molecule has 1 atom stereocenters. The Morgan fingerprint density at radius 2 is 1.94 bits per heavy atom. The van der Waals surface area contributed by atoms with Crippen molar-refractivity contribution in [3.05, 3.63) is 30.1 Å². The molecule has 0 aliphatic carbocycles. The molecule has 1 unspecified atom stereocenters. The van der Waals surface area contributed by atoms with Crippen molar-refractivity contribution in [3.8, 4) is 0 Å². The van der Waals surface area contributed by atoms with Crippen molar-refractivity contribution in [1.29, 1.82) is 0 Å². The zero-order valence-electron chi connectivity index (χ0n) is 10.1. The van der Waals surface area contributed by atoms with Crippen LogP contribution in [0, 0.1) is 5.92 Å². The first kappa shape index (κ1) is 14.0. The minimum atomic E-state index is -4.49. The number of aromatic nitrogens is 1. The summed E-state index contributed by atoms with van der Waals surface area (Å²) in [5, 5.41) is 0. The zero-order chi connectivity index (χ0) is 13.1. The second-order valence-electron chi connectivity index (χ2n) is 4.04. The Morgan fingerprint density at radius 1 is 1.29 bits per heavy atom. The third kappa shape index (κ3) is 2.44. The van der Waals surface area contributed by atoms with Gasteiger partial charge in [0.25, 0.3) is 0 Å². The topological polar surface area (TPSA) is 22.1 Å². The third-order valence-electron chi connectivity index (χ3n) is 2.65. The summed E-state index contributed by atoms with van der Waals surface area (Å²) in [4.78, 5) is 3.81. The van der Waals surface area contributed by atoms with Crippen molar-refractivity contribution in [3.63, 3.8) is 0 Å². The van der Waals surface area contributed by atoms with E-state index in [0.717, 1.165) is 0 Å². The molecule has 17 heavy (non-hydrogen) atoms. The van der Waals surface area contributed by atoms with Gasteiger partial charge in [0.15, 0.2) is 0 Å². The van der Waals surface area contributed by atoms with E-state index in [4.69, 9.17) is 4.74 Å². The molecule has 0 amide bonds. The van der Waals surface area contributed by atoms with E-state index in [0.29, 0.717) is 0 Å².